The molecule has 0 bridgehead atoms. The third-order valence-electron chi connectivity index (χ3n) is 1.46. The molecule has 1 N–H and O–H groups in total. The molecule has 0 amide bonds. The van der Waals surface area contributed by atoms with Crippen molar-refractivity contribution in [1.29, 1.82) is 0 Å². The third-order valence-corrected chi connectivity index (χ3v) is 2.64. The van der Waals surface area contributed by atoms with Gasteiger partial charge in [0.2, 0.25) is 0 Å². The van der Waals surface area contributed by atoms with E-state index in [1.54, 1.807) is 0 Å². The van der Waals surface area contributed by atoms with E-state index in [0.29, 0.717) is 0 Å². The minimum atomic E-state index is -0.416. The summed E-state index contributed by atoms with van der Waals surface area (Å²) in [6.07, 6.45) is 1.86. The van der Waals surface area contributed by atoms with Crippen LogP contribution in [0.5, 0.6) is 0 Å². The molecular weight excluding hydrogens is 229 g/mol. The lowest BCUT2D eigenvalue weighted by Crippen LogP contribution is -1.95. The molecule has 1 nitrogen and oxygen atoms in total. The fraction of sp³-hybridized carbons (Fsp3) is 0.125. The SMILES string of the molecule is CSc1cc(F)c(Cl)cc1NC=S. The molecule has 0 unspecified atom stereocenters. The zero-order chi connectivity index (χ0) is 9.84. The highest BCUT2D eigenvalue weighted by Crippen LogP contribution is 2.30. The van der Waals surface area contributed by atoms with Crippen molar-refractivity contribution in [2.24, 2.45) is 0 Å². The highest BCUT2D eigenvalue weighted by molar-refractivity contribution is 7.98. The molecule has 13 heavy (non-hydrogen) atoms. The van der Waals surface area contributed by atoms with Crippen LogP contribution in [0.4, 0.5) is 10.1 Å². The second-order valence-electron chi connectivity index (χ2n) is 2.23. The van der Waals surface area contributed by atoms with E-state index in [4.69, 9.17) is 11.6 Å². The summed E-state index contributed by atoms with van der Waals surface area (Å²) in [6, 6.07) is 2.90. The van der Waals surface area contributed by atoms with Gasteiger partial charge in [-0.05, 0) is 18.4 Å². The zero-order valence-electron chi connectivity index (χ0n) is 6.80. The van der Waals surface area contributed by atoms with Crippen molar-refractivity contribution >= 4 is 46.8 Å². The highest BCUT2D eigenvalue weighted by atomic mass is 35.5. The van der Waals surface area contributed by atoms with Crippen molar-refractivity contribution in [3.63, 3.8) is 0 Å². The summed E-state index contributed by atoms with van der Waals surface area (Å²) in [5.74, 6) is -0.416. The van der Waals surface area contributed by atoms with E-state index in [2.05, 4.69) is 17.5 Å². The van der Waals surface area contributed by atoms with Crippen molar-refractivity contribution in [3.8, 4) is 0 Å². The maximum absolute atomic E-state index is 13.0. The van der Waals surface area contributed by atoms with Crippen molar-refractivity contribution in [2.75, 3.05) is 11.6 Å². The molecule has 0 fully saturated rings. The molecule has 0 aliphatic rings. The fourth-order valence-electron chi connectivity index (χ4n) is 0.874. The Labute approximate surface area is 90.7 Å². The number of thioether (sulfide) groups is 1. The normalized spacial score (nSPS) is 9.77. The Balaban J connectivity index is 3.15. The molecule has 0 radical (unpaired) electrons. The van der Waals surface area contributed by atoms with Crippen LogP contribution in [0, 0.1) is 5.82 Å². The first-order chi connectivity index (χ1) is 6.19. The molecule has 0 aromatic heterocycles. The molecule has 0 aliphatic heterocycles. The van der Waals surface area contributed by atoms with Crippen molar-refractivity contribution in [2.45, 2.75) is 4.90 Å². The Hall–Kier alpha value is -0.320. The molecule has 5 heteroatoms. The third kappa shape index (κ3) is 2.56. The Bertz CT molecular complexity index is 330. The van der Waals surface area contributed by atoms with Crippen LogP contribution in [0.2, 0.25) is 5.02 Å². The maximum Gasteiger partial charge on any atom is 0.143 e. The first-order valence-corrected chi connectivity index (χ1v) is 5.49. The van der Waals surface area contributed by atoms with Gasteiger partial charge in [-0.3, -0.25) is 0 Å². The quantitative estimate of drug-likeness (QED) is 0.636. The molecule has 1 rings (SSSR count). The van der Waals surface area contributed by atoms with Crippen LogP contribution in [0.3, 0.4) is 0 Å². The minimum absolute atomic E-state index is 0.0946. The molecule has 0 heterocycles. The van der Waals surface area contributed by atoms with Crippen LogP contribution >= 0.6 is 35.6 Å². The van der Waals surface area contributed by atoms with E-state index in [1.165, 1.54) is 29.4 Å². The maximum atomic E-state index is 13.0. The number of thiocarbonyl (C=S) groups is 1. The van der Waals surface area contributed by atoms with Crippen molar-refractivity contribution in [3.05, 3.63) is 23.0 Å². The zero-order valence-corrected chi connectivity index (χ0v) is 9.19. The van der Waals surface area contributed by atoms with Gasteiger partial charge in [0.15, 0.2) is 0 Å². The van der Waals surface area contributed by atoms with Gasteiger partial charge in [0.25, 0.3) is 0 Å². The molecule has 0 saturated carbocycles. The standard InChI is InChI=1S/C8H7ClFNS2/c1-13-8-3-6(10)5(9)2-7(8)11-4-12/h2-4H,1H3,(H,11,12). The van der Waals surface area contributed by atoms with Crippen molar-refractivity contribution < 1.29 is 4.39 Å². The number of hydrogen-bond acceptors (Lipinski definition) is 2. The van der Waals surface area contributed by atoms with E-state index in [9.17, 15) is 4.39 Å². The smallest absolute Gasteiger partial charge is 0.143 e. The monoisotopic (exact) mass is 235 g/mol. The molecular formula is C8H7ClFNS2. The lowest BCUT2D eigenvalue weighted by Gasteiger charge is -2.07. The van der Waals surface area contributed by atoms with Gasteiger partial charge in [-0.15, -0.1) is 11.8 Å². The molecule has 0 aliphatic carbocycles. The molecule has 0 atom stereocenters. The van der Waals surface area contributed by atoms with Gasteiger partial charge in [0.1, 0.15) is 5.82 Å². The number of hydrogen-bond donors (Lipinski definition) is 1. The van der Waals surface area contributed by atoms with Gasteiger partial charge in [-0.1, -0.05) is 23.8 Å². The van der Waals surface area contributed by atoms with Gasteiger partial charge < -0.3 is 5.32 Å². The largest absolute Gasteiger partial charge is 0.352 e. The fourth-order valence-corrected chi connectivity index (χ4v) is 1.72. The predicted octanol–water partition coefficient (Wildman–Crippen LogP) is 3.57. The summed E-state index contributed by atoms with van der Waals surface area (Å²) >= 11 is 11.7. The summed E-state index contributed by atoms with van der Waals surface area (Å²) in [5, 5.41) is 2.91. The number of nitrogens with one attached hydrogen (secondary N) is 1. The molecule has 1 aromatic carbocycles. The molecule has 0 saturated heterocycles. The summed E-state index contributed by atoms with van der Waals surface area (Å²) in [4.78, 5) is 0.781. The lowest BCUT2D eigenvalue weighted by atomic mass is 10.3. The van der Waals surface area contributed by atoms with E-state index in [1.807, 2.05) is 6.26 Å². The van der Waals surface area contributed by atoms with E-state index >= 15 is 0 Å². The van der Waals surface area contributed by atoms with Crippen LogP contribution in [-0.2, 0) is 0 Å². The summed E-state index contributed by atoms with van der Waals surface area (Å²) in [5.41, 5.74) is 2.09. The topological polar surface area (TPSA) is 12.0 Å². The molecule has 1 aromatic rings. The molecule has 0 spiro atoms. The minimum Gasteiger partial charge on any atom is -0.352 e. The number of rotatable bonds is 3. The Morgan fingerprint density at radius 3 is 2.85 bits per heavy atom. The first-order valence-electron chi connectivity index (χ1n) is 3.42. The number of anilines is 1. The van der Waals surface area contributed by atoms with Crippen LogP contribution in [0.15, 0.2) is 17.0 Å². The summed E-state index contributed by atoms with van der Waals surface area (Å²) in [6.45, 7) is 0. The molecule has 70 valence electrons. The van der Waals surface area contributed by atoms with Gasteiger partial charge >= 0.3 is 0 Å². The van der Waals surface area contributed by atoms with Gasteiger partial charge in [0, 0.05) is 4.90 Å². The van der Waals surface area contributed by atoms with Gasteiger partial charge in [-0.25, -0.2) is 4.39 Å². The average molecular weight is 236 g/mol. The first kappa shape index (κ1) is 10.8. The van der Waals surface area contributed by atoms with E-state index in [0.717, 1.165) is 10.6 Å². The average Bonchev–Trinajstić information content (AvgIpc) is 2.11. The van der Waals surface area contributed by atoms with E-state index in [-0.39, 0.29) is 5.02 Å². The Kier molecular flexibility index (Phi) is 3.96. The highest BCUT2D eigenvalue weighted by Gasteiger charge is 2.06. The van der Waals surface area contributed by atoms with Gasteiger partial charge in [0.05, 0.1) is 16.2 Å². The second kappa shape index (κ2) is 4.79. The lowest BCUT2D eigenvalue weighted by molar-refractivity contribution is 0.625. The Morgan fingerprint density at radius 2 is 2.31 bits per heavy atom. The van der Waals surface area contributed by atoms with Crippen LogP contribution in [0.25, 0.3) is 0 Å². The Morgan fingerprint density at radius 1 is 1.62 bits per heavy atom. The van der Waals surface area contributed by atoms with E-state index < -0.39 is 5.82 Å². The van der Waals surface area contributed by atoms with Crippen molar-refractivity contribution in [1.82, 2.24) is 0 Å². The second-order valence-corrected chi connectivity index (χ2v) is 3.72. The summed E-state index contributed by atoms with van der Waals surface area (Å²) in [7, 11) is 0. The van der Waals surface area contributed by atoms with Crippen LogP contribution in [0.1, 0.15) is 0 Å². The van der Waals surface area contributed by atoms with Crippen LogP contribution < -0.4 is 5.32 Å². The summed E-state index contributed by atoms with van der Waals surface area (Å²) < 4.78 is 13.0. The van der Waals surface area contributed by atoms with Gasteiger partial charge in [-0.2, -0.15) is 0 Å². The van der Waals surface area contributed by atoms with Crippen LogP contribution in [-0.4, -0.2) is 11.7 Å². The predicted molar refractivity (Wildman–Crippen MR) is 60.5 cm³/mol. The number of benzene rings is 1. The number of halogens is 2.